The molecular weight excluding hydrogens is 297 g/mol. The molecule has 0 spiro atoms. The molecule has 1 unspecified atom stereocenters. The molecule has 10 heavy (non-hydrogen) atoms. The van der Waals surface area contributed by atoms with E-state index in [-0.39, 0.29) is 28.5 Å². The first-order valence-corrected chi connectivity index (χ1v) is 3.53. The number of hydrogen-bond acceptors (Lipinski definition) is 2. The monoisotopic (exact) mass is 313 g/mol. The van der Waals surface area contributed by atoms with Gasteiger partial charge in [-0.25, -0.2) is 0 Å². The zero-order chi connectivity index (χ0) is 7.11. The van der Waals surface area contributed by atoms with Gasteiger partial charge in [0.05, 0.1) is 12.7 Å². The van der Waals surface area contributed by atoms with Crippen molar-refractivity contribution >= 4 is 0 Å². The molecule has 1 N–H and O–H groups in total. The zero-order valence-electron chi connectivity index (χ0n) is 6.71. The molecule has 0 heterocycles. The summed E-state index contributed by atoms with van der Waals surface area (Å²) in [4.78, 5) is 0. The quantitative estimate of drug-likeness (QED) is 0.773. The Bertz CT molecular complexity index is 57.6. The molecule has 0 aliphatic heterocycles. The average molecular weight is 313 g/mol. The van der Waals surface area contributed by atoms with E-state index in [9.17, 15) is 0 Å². The summed E-state index contributed by atoms with van der Waals surface area (Å²) >= 11 is 0. The Labute approximate surface area is 78.5 Å². The molecule has 0 amide bonds. The van der Waals surface area contributed by atoms with E-state index in [1.165, 1.54) is 0 Å². The predicted octanol–water partition coefficient (Wildman–Crippen LogP) is 1.18. The second-order valence-corrected chi connectivity index (χ2v) is 2.28. The third kappa shape index (κ3) is 11.5. The molecule has 0 aromatic carbocycles. The molecule has 0 aliphatic carbocycles. The molecule has 0 bridgehead atoms. The molecule has 61 valence electrons. The number of aliphatic hydroxyl groups excluding tert-OH is 1. The number of hydrogen-bond donors (Lipinski definition) is 1. The van der Waals surface area contributed by atoms with Gasteiger partial charge in [0.15, 0.2) is 0 Å². The fraction of sp³-hybridized carbons (Fsp3) is 1.00. The van der Waals surface area contributed by atoms with E-state index < -0.39 is 0 Å². The second-order valence-electron chi connectivity index (χ2n) is 2.28. The van der Waals surface area contributed by atoms with Gasteiger partial charge in [-0.05, 0) is 13.3 Å². The summed E-state index contributed by atoms with van der Waals surface area (Å²) in [5.41, 5.74) is 0. The molecule has 0 fully saturated rings. The maximum Gasteiger partial charge on any atom is 0.0745 e. The Kier molecular flexibility index (Phi) is 12.8. The van der Waals surface area contributed by atoms with Crippen molar-refractivity contribution < 1.29 is 32.2 Å². The van der Waals surface area contributed by atoms with Crippen molar-refractivity contribution in [1.29, 1.82) is 0 Å². The van der Waals surface area contributed by atoms with E-state index in [2.05, 4.69) is 6.92 Å². The number of unbranched alkanes of at least 4 members (excludes halogenated alkanes) is 1. The predicted molar refractivity (Wildman–Crippen MR) is 37.4 cm³/mol. The van der Waals surface area contributed by atoms with Gasteiger partial charge >= 0.3 is 0 Å². The van der Waals surface area contributed by atoms with Crippen LogP contribution in [-0.4, -0.2) is 24.4 Å². The van der Waals surface area contributed by atoms with Crippen molar-refractivity contribution in [3.05, 3.63) is 0 Å². The molecule has 0 aromatic rings. The normalized spacial score (nSPS) is 12.3. The SMILES string of the molecule is CCCCOCC(C)O.[Ta]. The molecule has 0 aliphatic rings. The maximum atomic E-state index is 8.73. The van der Waals surface area contributed by atoms with E-state index in [0.29, 0.717) is 6.61 Å². The van der Waals surface area contributed by atoms with Gasteiger partial charge in [0.25, 0.3) is 0 Å². The van der Waals surface area contributed by atoms with Gasteiger partial charge in [0, 0.05) is 29.0 Å². The fourth-order valence-corrected chi connectivity index (χ4v) is 0.500. The third-order valence-electron chi connectivity index (χ3n) is 1.00. The van der Waals surface area contributed by atoms with Crippen LogP contribution in [0.5, 0.6) is 0 Å². The molecule has 3 heteroatoms. The van der Waals surface area contributed by atoms with Crippen molar-refractivity contribution in [2.24, 2.45) is 0 Å². The Morgan fingerprint density at radius 1 is 1.50 bits per heavy atom. The first kappa shape index (κ1) is 13.3. The molecule has 0 saturated carbocycles. The smallest absolute Gasteiger partial charge is 0.0745 e. The molecule has 1 atom stereocenters. The van der Waals surface area contributed by atoms with Gasteiger partial charge in [-0.15, -0.1) is 0 Å². The number of ether oxygens (including phenoxy) is 1. The topological polar surface area (TPSA) is 29.5 Å². The van der Waals surface area contributed by atoms with Crippen molar-refractivity contribution in [2.45, 2.75) is 32.8 Å². The van der Waals surface area contributed by atoms with Crippen LogP contribution in [0.2, 0.25) is 0 Å². The third-order valence-corrected chi connectivity index (χ3v) is 1.00. The summed E-state index contributed by atoms with van der Waals surface area (Å²) in [5.74, 6) is 0. The van der Waals surface area contributed by atoms with E-state index >= 15 is 0 Å². The molecule has 0 rings (SSSR count). The summed E-state index contributed by atoms with van der Waals surface area (Å²) < 4.78 is 5.09. The van der Waals surface area contributed by atoms with Crippen LogP contribution >= 0.6 is 0 Å². The first-order valence-electron chi connectivity index (χ1n) is 3.53. The molecular formula is C7H16O2Ta. The first-order chi connectivity index (χ1) is 4.27. The molecule has 0 aromatic heterocycles. The minimum Gasteiger partial charge on any atom is -0.391 e. The minimum atomic E-state index is -0.318. The van der Waals surface area contributed by atoms with Crippen LogP contribution in [0.15, 0.2) is 0 Å². The van der Waals surface area contributed by atoms with E-state index in [4.69, 9.17) is 9.84 Å². The Balaban J connectivity index is 0. The largest absolute Gasteiger partial charge is 0.391 e. The van der Waals surface area contributed by atoms with Gasteiger partial charge in [-0.1, -0.05) is 13.3 Å². The van der Waals surface area contributed by atoms with E-state index in [1.807, 2.05) is 0 Å². The van der Waals surface area contributed by atoms with Crippen LogP contribution in [-0.2, 0) is 27.1 Å². The van der Waals surface area contributed by atoms with Crippen molar-refractivity contribution in [1.82, 2.24) is 0 Å². The molecule has 2 nitrogen and oxygen atoms in total. The van der Waals surface area contributed by atoms with E-state index in [1.54, 1.807) is 6.92 Å². The van der Waals surface area contributed by atoms with Crippen LogP contribution in [0.25, 0.3) is 0 Å². The van der Waals surface area contributed by atoms with E-state index in [0.717, 1.165) is 19.4 Å². The summed E-state index contributed by atoms with van der Waals surface area (Å²) in [5, 5.41) is 8.73. The van der Waals surface area contributed by atoms with Crippen LogP contribution in [0.4, 0.5) is 0 Å². The van der Waals surface area contributed by atoms with Gasteiger partial charge in [0.2, 0.25) is 0 Å². The van der Waals surface area contributed by atoms with Gasteiger partial charge < -0.3 is 9.84 Å². The Hall–Kier alpha value is 0.660. The van der Waals surface area contributed by atoms with Crippen molar-refractivity contribution in [3.63, 3.8) is 0 Å². The summed E-state index contributed by atoms with van der Waals surface area (Å²) in [6, 6.07) is 0. The van der Waals surface area contributed by atoms with Gasteiger partial charge in [-0.3, -0.25) is 0 Å². The minimum absolute atomic E-state index is 0. The standard InChI is InChI=1S/C7H16O2.Ta/c1-3-4-5-9-6-7(2)8;/h7-8H,3-6H2,1-2H3;. The zero-order valence-corrected chi connectivity index (χ0v) is 9.92. The fourth-order valence-electron chi connectivity index (χ4n) is 0.500. The maximum absolute atomic E-state index is 8.73. The summed E-state index contributed by atoms with van der Waals surface area (Å²) in [6.45, 7) is 5.10. The van der Waals surface area contributed by atoms with Gasteiger partial charge in [0.1, 0.15) is 0 Å². The number of rotatable bonds is 5. The Morgan fingerprint density at radius 3 is 2.50 bits per heavy atom. The van der Waals surface area contributed by atoms with Gasteiger partial charge in [-0.2, -0.15) is 0 Å². The Morgan fingerprint density at radius 2 is 2.10 bits per heavy atom. The summed E-state index contributed by atoms with van der Waals surface area (Å²) in [7, 11) is 0. The average Bonchev–Trinajstić information content (AvgIpc) is 1.80. The van der Waals surface area contributed by atoms with Crippen molar-refractivity contribution in [3.8, 4) is 0 Å². The summed E-state index contributed by atoms with van der Waals surface area (Å²) in [6.07, 6.45) is 1.92. The number of aliphatic hydroxyl groups is 1. The molecule has 1 radical (unpaired) electrons. The van der Waals surface area contributed by atoms with Crippen LogP contribution < -0.4 is 0 Å². The molecule has 0 saturated heterocycles. The van der Waals surface area contributed by atoms with Crippen LogP contribution in [0.3, 0.4) is 0 Å². The van der Waals surface area contributed by atoms with Crippen molar-refractivity contribution in [2.75, 3.05) is 13.2 Å². The van der Waals surface area contributed by atoms with Crippen LogP contribution in [0, 0.1) is 0 Å². The van der Waals surface area contributed by atoms with Crippen LogP contribution in [0.1, 0.15) is 26.7 Å². The second kappa shape index (κ2) is 9.66.